The van der Waals surface area contributed by atoms with Gasteiger partial charge in [0.15, 0.2) is 5.60 Å². The number of carbonyl (C=O) groups is 1. The van der Waals surface area contributed by atoms with E-state index in [0.717, 1.165) is 16.7 Å². The van der Waals surface area contributed by atoms with Crippen LogP contribution in [0.15, 0.2) is 12.1 Å². The number of hydrogen-bond acceptors (Lipinski definition) is 4. The molecule has 7 heteroatoms. The third-order valence-corrected chi connectivity index (χ3v) is 4.26. The van der Waals surface area contributed by atoms with Crippen molar-refractivity contribution in [2.45, 2.75) is 77.8 Å². The van der Waals surface area contributed by atoms with E-state index in [1.165, 1.54) is 20.8 Å². The van der Waals surface area contributed by atoms with E-state index >= 15 is 0 Å². The molecule has 0 unspecified atom stereocenters. The van der Waals surface area contributed by atoms with Gasteiger partial charge in [-0.3, -0.25) is 4.79 Å². The number of aliphatic hydroxyl groups is 1. The SMILES string of the molecule is Cc1cc(C)c(CC[C@@](O)([C@H](N)C(=O)OC(C)(C)C)C(F)(F)F)c(C)c1. The van der Waals surface area contributed by atoms with Crippen molar-refractivity contribution in [3.8, 4) is 0 Å². The van der Waals surface area contributed by atoms with Crippen LogP contribution in [0.4, 0.5) is 13.2 Å². The first-order chi connectivity index (χ1) is 11.6. The average molecular weight is 375 g/mol. The highest BCUT2D eigenvalue weighted by molar-refractivity contribution is 5.77. The average Bonchev–Trinajstić information content (AvgIpc) is 2.41. The lowest BCUT2D eigenvalue weighted by Crippen LogP contribution is -2.62. The molecule has 0 saturated heterocycles. The molecule has 3 N–H and O–H groups in total. The lowest BCUT2D eigenvalue weighted by molar-refractivity contribution is -0.271. The molecule has 0 bridgehead atoms. The minimum Gasteiger partial charge on any atom is -0.459 e. The molecule has 0 amide bonds. The Hall–Kier alpha value is -1.60. The van der Waals surface area contributed by atoms with Crippen molar-refractivity contribution in [2.75, 3.05) is 0 Å². The highest BCUT2D eigenvalue weighted by Gasteiger charge is 2.60. The van der Waals surface area contributed by atoms with E-state index < -0.39 is 35.8 Å². The lowest BCUT2D eigenvalue weighted by Gasteiger charge is -2.36. The molecule has 1 aromatic rings. The quantitative estimate of drug-likeness (QED) is 0.773. The Labute approximate surface area is 152 Å². The van der Waals surface area contributed by atoms with Gasteiger partial charge in [-0.05, 0) is 71.1 Å². The number of esters is 1. The second-order valence-corrected chi connectivity index (χ2v) is 7.81. The standard InChI is InChI=1S/C19H28F3NO3/c1-11-9-12(2)14(13(3)10-11)7-8-18(25,19(20,21)22)15(23)16(24)26-17(4,5)6/h9-10,15,25H,7-8,23H2,1-6H3/t15-,18-/m1/s1. The van der Waals surface area contributed by atoms with Crippen molar-refractivity contribution in [3.63, 3.8) is 0 Å². The van der Waals surface area contributed by atoms with Crippen LogP contribution in [0.3, 0.4) is 0 Å². The second kappa shape index (κ2) is 7.56. The van der Waals surface area contributed by atoms with E-state index in [-0.39, 0.29) is 6.42 Å². The van der Waals surface area contributed by atoms with Crippen molar-refractivity contribution in [2.24, 2.45) is 5.73 Å². The molecule has 1 rings (SSSR count). The lowest BCUT2D eigenvalue weighted by atomic mass is 9.85. The summed E-state index contributed by atoms with van der Waals surface area (Å²) in [4.78, 5) is 12.0. The Morgan fingerprint density at radius 1 is 1.15 bits per heavy atom. The van der Waals surface area contributed by atoms with E-state index in [4.69, 9.17) is 10.5 Å². The Kier molecular flexibility index (Phi) is 6.53. The van der Waals surface area contributed by atoms with Crippen LogP contribution in [-0.4, -0.2) is 34.5 Å². The molecule has 0 saturated carbocycles. The third-order valence-electron chi connectivity index (χ3n) is 4.26. The Morgan fingerprint density at radius 2 is 1.62 bits per heavy atom. The molecule has 0 radical (unpaired) electrons. The van der Waals surface area contributed by atoms with Crippen molar-refractivity contribution in [1.82, 2.24) is 0 Å². The monoisotopic (exact) mass is 375 g/mol. The van der Waals surface area contributed by atoms with Gasteiger partial charge in [0, 0.05) is 0 Å². The summed E-state index contributed by atoms with van der Waals surface area (Å²) in [6, 6.07) is 1.50. The normalized spacial score (nSPS) is 16.1. The highest BCUT2D eigenvalue weighted by atomic mass is 19.4. The van der Waals surface area contributed by atoms with Gasteiger partial charge in [-0.1, -0.05) is 17.7 Å². The molecule has 4 nitrogen and oxygen atoms in total. The topological polar surface area (TPSA) is 72.5 Å². The number of alkyl halides is 3. The van der Waals surface area contributed by atoms with Crippen molar-refractivity contribution in [3.05, 3.63) is 34.4 Å². The maximum atomic E-state index is 13.6. The highest BCUT2D eigenvalue weighted by Crippen LogP contribution is 2.37. The summed E-state index contributed by atoms with van der Waals surface area (Å²) in [5, 5.41) is 10.3. The largest absolute Gasteiger partial charge is 0.459 e. The molecule has 148 valence electrons. The van der Waals surface area contributed by atoms with Gasteiger partial charge in [0.2, 0.25) is 0 Å². The Bertz CT molecular complexity index is 642. The number of halogens is 3. The summed E-state index contributed by atoms with van der Waals surface area (Å²) in [5.41, 5.74) is 4.49. The van der Waals surface area contributed by atoms with Crippen LogP contribution in [0.2, 0.25) is 0 Å². The van der Waals surface area contributed by atoms with Gasteiger partial charge in [-0.2, -0.15) is 13.2 Å². The van der Waals surface area contributed by atoms with E-state index in [2.05, 4.69) is 0 Å². The molecular weight excluding hydrogens is 347 g/mol. The molecule has 0 fully saturated rings. The van der Waals surface area contributed by atoms with Crippen LogP contribution in [0, 0.1) is 20.8 Å². The van der Waals surface area contributed by atoms with E-state index in [9.17, 15) is 23.1 Å². The van der Waals surface area contributed by atoms with Gasteiger partial charge in [-0.25, -0.2) is 0 Å². The summed E-state index contributed by atoms with van der Waals surface area (Å²) in [6.07, 6.45) is -5.87. The summed E-state index contributed by atoms with van der Waals surface area (Å²) < 4.78 is 45.7. The Balaban J connectivity index is 3.13. The van der Waals surface area contributed by atoms with Crippen LogP contribution in [0.5, 0.6) is 0 Å². The number of hydrogen-bond donors (Lipinski definition) is 2. The van der Waals surface area contributed by atoms with Gasteiger partial charge >= 0.3 is 12.1 Å². The number of benzene rings is 1. The van der Waals surface area contributed by atoms with Gasteiger partial charge in [0.1, 0.15) is 11.6 Å². The minimum atomic E-state index is -5.07. The van der Waals surface area contributed by atoms with Crippen LogP contribution in [-0.2, 0) is 16.0 Å². The van der Waals surface area contributed by atoms with Crippen molar-refractivity contribution in [1.29, 1.82) is 0 Å². The second-order valence-electron chi connectivity index (χ2n) is 7.81. The fourth-order valence-corrected chi connectivity index (χ4v) is 2.95. The molecule has 26 heavy (non-hydrogen) atoms. The number of carbonyl (C=O) groups excluding carboxylic acids is 1. The van der Waals surface area contributed by atoms with Crippen molar-refractivity contribution < 1.29 is 27.8 Å². The zero-order chi connectivity index (χ0) is 20.5. The smallest absolute Gasteiger partial charge is 0.419 e. The third kappa shape index (κ3) is 5.20. The van der Waals surface area contributed by atoms with Crippen LogP contribution < -0.4 is 5.73 Å². The number of aryl methyl sites for hydroxylation is 3. The minimum absolute atomic E-state index is 0.0650. The fraction of sp³-hybridized carbons (Fsp3) is 0.632. The summed E-state index contributed by atoms with van der Waals surface area (Å²) in [5.74, 6) is -1.28. The molecule has 1 aromatic carbocycles. The first kappa shape index (κ1) is 22.4. The number of rotatable bonds is 5. The molecule has 0 aliphatic heterocycles. The molecule has 0 aromatic heterocycles. The maximum Gasteiger partial charge on any atom is 0.419 e. The first-order valence-corrected chi connectivity index (χ1v) is 8.43. The fourth-order valence-electron chi connectivity index (χ4n) is 2.95. The Morgan fingerprint density at radius 3 is 2.00 bits per heavy atom. The predicted molar refractivity (Wildman–Crippen MR) is 93.8 cm³/mol. The number of ether oxygens (including phenoxy) is 1. The van der Waals surface area contributed by atoms with Gasteiger partial charge in [0.05, 0.1) is 0 Å². The number of nitrogens with two attached hydrogens (primary N) is 1. The van der Waals surface area contributed by atoms with Gasteiger partial charge < -0.3 is 15.6 Å². The van der Waals surface area contributed by atoms with Crippen LogP contribution in [0.1, 0.15) is 49.4 Å². The van der Waals surface area contributed by atoms with Crippen molar-refractivity contribution >= 4 is 5.97 Å². The van der Waals surface area contributed by atoms with Gasteiger partial charge in [0.25, 0.3) is 0 Å². The zero-order valence-electron chi connectivity index (χ0n) is 16.1. The summed E-state index contributed by atoms with van der Waals surface area (Å²) in [7, 11) is 0. The van der Waals surface area contributed by atoms with Gasteiger partial charge in [-0.15, -0.1) is 0 Å². The van der Waals surface area contributed by atoms with E-state index in [1.54, 1.807) is 13.8 Å². The van der Waals surface area contributed by atoms with E-state index in [0.29, 0.717) is 5.56 Å². The van der Waals surface area contributed by atoms with Crippen LogP contribution >= 0.6 is 0 Å². The molecule has 0 spiro atoms. The van der Waals surface area contributed by atoms with Crippen LogP contribution in [0.25, 0.3) is 0 Å². The molecular formula is C19H28F3NO3. The summed E-state index contributed by atoms with van der Waals surface area (Å²) in [6.45, 7) is 10.1. The van der Waals surface area contributed by atoms with E-state index in [1.807, 2.05) is 19.1 Å². The molecule has 0 aliphatic carbocycles. The summed E-state index contributed by atoms with van der Waals surface area (Å²) >= 11 is 0. The first-order valence-electron chi connectivity index (χ1n) is 8.43. The predicted octanol–water partition coefficient (Wildman–Crippen LogP) is 3.51. The molecule has 0 aliphatic rings. The zero-order valence-corrected chi connectivity index (χ0v) is 16.1. The maximum absolute atomic E-state index is 13.6. The molecule has 2 atom stereocenters. The molecule has 0 heterocycles.